The Morgan fingerprint density at radius 3 is 2.24 bits per heavy atom. The number of carbonyl (C=O) groups excluding carboxylic acids is 3. The van der Waals surface area contributed by atoms with E-state index in [1.54, 1.807) is 13.8 Å². The number of hydrogen-bond donors (Lipinski definition) is 0. The summed E-state index contributed by atoms with van der Waals surface area (Å²) >= 11 is 0. The number of ether oxygens (including phenoxy) is 3. The largest absolute Gasteiger partial charge is 0.466 e. The molecular weight excluding hydrogens is 228 g/mol. The van der Waals surface area contributed by atoms with E-state index in [0.717, 1.165) is 0 Å². The van der Waals surface area contributed by atoms with E-state index < -0.39 is 23.7 Å². The summed E-state index contributed by atoms with van der Waals surface area (Å²) in [5, 5.41) is 0. The molecule has 0 atom stereocenters. The van der Waals surface area contributed by atoms with Gasteiger partial charge in [0.25, 0.3) is 5.79 Å². The first-order valence-corrected chi connectivity index (χ1v) is 5.25. The standard InChI is InChI=1S/C11H14O6/c1-4-11(6-8(12)15-5-2)16-9(13)7(3)10(14)17-11/h3-6H2,1-2H3. The minimum Gasteiger partial charge on any atom is -0.466 e. The fourth-order valence-corrected chi connectivity index (χ4v) is 1.34. The summed E-state index contributed by atoms with van der Waals surface area (Å²) in [6, 6.07) is 0. The van der Waals surface area contributed by atoms with Crippen LogP contribution in [0.4, 0.5) is 0 Å². The Hall–Kier alpha value is -1.85. The van der Waals surface area contributed by atoms with E-state index in [4.69, 9.17) is 14.2 Å². The summed E-state index contributed by atoms with van der Waals surface area (Å²) in [5.41, 5.74) is -0.377. The van der Waals surface area contributed by atoms with Gasteiger partial charge in [0.2, 0.25) is 0 Å². The SMILES string of the molecule is C=C1C(=O)OC(CC)(CC(=O)OCC)OC1=O. The van der Waals surface area contributed by atoms with Crippen molar-refractivity contribution in [3.05, 3.63) is 12.2 Å². The molecule has 0 aromatic heterocycles. The summed E-state index contributed by atoms with van der Waals surface area (Å²) in [6.07, 6.45) is -0.154. The van der Waals surface area contributed by atoms with Crippen molar-refractivity contribution in [1.82, 2.24) is 0 Å². The average molecular weight is 242 g/mol. The minimum atomic E-state index is -1.57. The molecule has 0 aromatic rings. The number of cyclic esters (lactones) is 2. The lowest BCUT2D eigenvalue weighted by Crippen LogP contribution is -2.47. The quantitative estimate of drug-likeness (QED) is 0.410. The predicted molar refractivity (Wildman–Crippen MR) is 55.6 cm³/mol. The van der Waals surface area contributed by atoms with Gasteiger partial charge in [-0.05, 0) is 6.92 Å². The summed E-state index contributed by atoms with van der Waals surface area (Å²) in [5.74, 6) is -3.90. The highest BCUT2D eigenvalue weighted by atomic mass is 16.7. The molecule has 0 unspecified atom stereocenters. The Bertz CT molecular complexity index is 350. The smallest absolute Gasteiger partial charge is 0.348 e. The maximum absolute atomic E-state index is 11.3. The summed E-state index contributed by atoms with van der Waals surface area (Å²) < 4.78 is 14.6. The van der Waals surface area contributed by atoms with Gasteiger partial charge in [-0.2, -0.15) is 0 Å². The van der Waals surface area contributed by atoms with E-state index in [1.807, 2.05) is 0 Å². The van der Waals surface area contributed by atoms with Gasteiger partial charge in [0.05, 0.1) is 6.61 Å². The average Bonchev–Trinajstić information content (AvgIpc) is 2.26. The third-order valence-electron chi connectivity index (χ3n) is 2.31. The topological polar surface area (TPSA) is 78.9 Å². The van der Waals surface area contributed by atoms with Crippen LogP contribution in [0.3, 0.4) is 0 Å². The molecule has 0 aromatic carbocycles. The van der Waals surface area contributed by atoms with Gasteiger partial charge < -0.3 is 14.2 Å². The van der Waals surface area contributed by atoms with Gasteiger partial charge in [-0.25, -0.2) is 9.59 Å². The molecule has 17 heavy (non-hydrogen) atoms. The number of hydrogen-bond acceptors (Lipinski definition) is 6. The fraction of sp³-hybridized carbons (Fsp3) is 0.545. The Balaban J connectivity index is 2.82. The Labute approximate surface area is 98.5 Å². The third kappa shape index (κ3) is 2.83. The van der Waals surface area contributed by atoms with Gasteiger partial charge in [0.1, 0.15) is 12.0 Å². The zero-order valence-electron chi connectivity index (χ0n) is 9.78. The molecule has 1 fully saturated rings. The molecular formula is C11H14O6. The lowest BCUT2D eigenvalue weighted by molar-refractivity contribution is -0.239. The molecule has 0 N–H and O–H groups in total. The first kappa shape index (κ1) is 13.2. The molecule has 0 bridgehead atoms. The molecule has 0 saturated carbocycles. The summed E-state index contributed by atoms with van der Waals surface area (Å²) in [6.45, 7) is 6.71. The molecule has 1 rings (SSSR count). The first-order valence-electron chi connectivity index (χ1n) is 5.25. The molecule has 6 nitrogen and oxygen atoms in total. The maximum Gasteiger partial charge on any atom is 0.348 e. The van der Waals surface area contributed by atoms with E-state index >= 15 is 0 Å². The van der Waals surface area contributed by atoms with Gasteiger partial charge in [0.15, 0.2) is 0 Å². The van der Waals surface area contributed by atoms with Crippen LogP contribution in [-0.4, -0.2) is 30.3 Å². The van der Waals surface area contributed by atoms with E-state index in [2.05, 4.69) is 6.58 Å². The van der Waals surface area contributed by atoms with Crippen LogP contribution in [0, 0.1) is 0 Å². The van der Waals surface area contributed by atoms with Gasteiger partial charge in [0, 0.05) is 6.42 Å². The van der Waals surface area contributed by atoms with Crippen LogP contribution in [0.1, 0.15) is 26.7 Å². The Kier molecular flexibility index (Phi) is 3.88. The van der Waals surface area contributed by atoms with Crippen LogP contribution in [0.5, 0.6) is 0 Å². The first-order chi connectivity index (χ1) is 7.94. The van der Waals surface area contributed by atoms with Crippen LogP contribution in [0.2, 0.25) is 0 Å². The van der Waals surface area contributed by atoms with E-state index in [-0.39, 0.29) is 25.0 Å². The van der Waals surface area contributed by atoms with Crippen molar-refractivity contribution in [2.75, 3.05) is 6.61 Å². The van der Waals surface area contributed by atoms with Gasteiger partial charge in [-0.1, -0.05) is 13.5 Å². The molecule has 1 heterocycles. The van der Waals surface area contributed by atoms with Crippen LogP contribution in [0.15, 0.2) is 12.2 Å². The monoisotopic (exact) mass is 242 g/mol. The van der Waals surface area contributed by atoms with Crippen LogP contribution in [-0.2, 0) is 28.6 Å². The fourth-order valence-electron chi connectivity index (χ4n) is 1.34. The van der Waals surface area contributed by atoms with Gasteiger partial charge in [-0.3, -0.25) is 4.79 Å². The van der Waals surface area contributed by atoms with Crippen molar-refractivity contribution < 1.29 is 28.6 Å². The highest BCUT2D eigenvalue weighted by Gasteiger charge is 2.46. The minimum absolute atomic E-state index is 0.163. The Morgan fingerprint density at radius 1 is 1.29 bits per heavy atom. The van der Waals surface area contributed by atoms with Crippen molar-refractivity contribution in [1.29, 1.82) is 0 Å². The van der Waals surface area contributed by atoms with Gasteiger partial charge in [-0.15, -0.1) is 0 Å². The zero-order chi connectivity index (χ0) is 13.1. The highest BCUT2D eigenvalue weighted by molar-refractivity contribution is 6.14. The molecule has 1 aliphatic rings. The molecule has 6 heteroatoms. The maximum atomic E-state index is 11.3. The van der Waals surface area contributed by atoms with Crippen molar-refractivity contribution in [3.63, 3.8) is 0 Å². The van der Waals surface area contributed by atoms with Crippen molar-refractivity contribution >= 4 is 17.9 Å². The summed E-state index contributed by atoms with van der Waals surface area (Å²) in [4.78, 5) is 34.0. The normalized spacial score (nSPS) is 18.4. The molecule has 94 valence electrons. The molecule has 0 radical (unpaired) electrons. The molecule has 0 spiro atoms. The second-order valence-electron chi connectivity index (χ2n) is 3.50. The molecule has 0 amide bonds. The lowest BCUT2D eigenvalue weighted by atomic mass is 10.1. The second kappa shape index (κ2) is 4.99. The number of rotatable bonds is 4. The summed E-state index contributed by atoms with van der Waals surface area (Å²) in [7, 11) is 0. The number of carbonyl (C=O) groups is 3. The van der Waals surface area contributed by atoms with E-state index in [1.165, 1.54) is 0 Å². The van der Waals surface area contributed by atoms with Crippen LogP contribution >= 0.6 is 0 Å². The molecule has 1 saturated heterocycles. The van der Waals surface area contributed by atoms with Crippen molar-refractivity contribution in [2.24, 2.45) is 0 Å². The van der Waals surface area contributed by atoms with Crippen molar-refractivity contribution in [2.45, 2.75) is 32.5 Å². The third-order valence-corrected chi connectivity index (χ3v) is 2.31. The van der Waals surface area contributed by atoms with Crippen LogP contribution < -0.4 is 0 Å². The van der Waals surface area contributed by atoms with E-state index in [9.17, 15) is 14.4 Å². The van der Waals surface area contributed by atoms with Crippen LogP contribution in [0.25, 0.3) is 0 Å². The second-order valence-corrected chi connectivity index (χ2v) is 3.50. The van der Waals surface area contributed by atoms with E-state index in [0.29, 0.717) is 0 Å². The molecule has 1 aliphatic heterocycles. The highest BCUT2D eigenvalue weighted by Crippen LogP contribution is 2.29. The zero-order valence-corrected chi connectivity index (χ0v) is 9.78. The Morgan fingerprint density at radius 2 is 1.82 bits per heavy atom. The predicted octanol–water partition coefficient (Wildman–Crippen LogP) is 0.702. The lowest BCUT2D eigenvalue weighted by Gasteiger charge is -2.34. The number of esters is 3. The molecule has 0 aliphatic carbocycles. The van der Waals surface area contributed by atoms with Gasteiger partial charge >= 0.3 is 17.9 Å². The van der Waals surface area contributed by atoms with Crippen molar-refractivity contribution in [3.8, 4) is 0 Å².